The van der Waals surface area contributed by atoms with E-state index in [4.69, 9.17) is 20.6 Å². The molecule has 0 aliphatic carbocycles. The number of aromatic nitrogens is 2. The van der Waals surface area contributed by atoms with Crippen LogP contribution in [0.5, 0.6) is 11.5 Å². The number of amidine groups is 1. The zero-order valence-electron chi connectivity index (χ0n) is 11.6. The van der Waals surface area contributed by atoms with Crippen molar-refractivity contribution in [2.45, 2.75) is 20.1 Å². The first-order valence-corrected chi connectivity index (χ1v) is 6.30. The van der Waals surface area contributed by atoms with Gasteiger partial charge in [0.1, 0.15) is 23.9 Å². The molecule has 0 aliphatic heterocycles. The van der Waals surface area contributed by atoms with Crippen molar-refractivity contribution < 1.29 is 9.47 Å². The number of rotatable bonds is 6. The quantitative estimate of drug-likeness (QED) is 0.621. The molecule has 106 valence electrons. The van der Waals surface area contributed by atoms with Crippen LogP contribution in [0, 0.1) is 5.41 Å². The van der Waals surface area contributed by atoms with Crippen molar-refractivity contribution in [3.63, 3.8) is 0 Å². The Morgan fingerprint density at radius 2 is 2.10 bits per heavy atom. The molecule has 0 aliphatic rings. The summed E-state index contributed by atoms with van der Waals surface area (Å²) in [6.07, 6.45) is 3.71. The molecule has 1 heterocycles. The zero-order chi connectivity index (χ0) is 14.5. The summed E-state index contributed by atoms with van der Waals surface area (Å²) in [6.45, 7) is 3.26. The Hall–Kier alpha value is -2.50. The minimum atomic E-state index is -0.0208. The second kappa shape index (κ2) is 6.10. The number of ether oxygens (including phenoxy) is 2. The van der Waals surface area contributed by atoms with Gasteiger partial charge in [-0.25, -0.2) is 0 Å². The van der Waals surface area contributed by atoms with Crippen LogP contribution in [0.15, 0.2) is 30.6 Å². The SMILES string of the molecule is CCn1cc(COc2cc(OC)cc(C(=N)N)c2)cn1. The number of nitrogen functional groups attached to an aromatic ring is 1. The highest BCUT2D eigenvalue weighted by molar-refractivity contribution is 5.95. The Labute approximate surface area is 117 Å². The molecule has 0 radical (unpaired) electrons. The van der Waals surface area contributed by atoms with E-state index in [1.165, 1.54) is 0 Å². The molecule has 0 atom stereocenters. The number of hydrogen-bond donors (Lipinski definition) is 2. The first kappa shape index (κ1) is 13.9. The number of methoxy groups -OCH3 is 1. The predicted molar refractivity (Wildman–Crippen MR) is 76.2 cm³/mol. The highest BCUT2D eigenvalue weighted by Gasteiger charge is 2.06. The van der Waals surface area contributed by atoms with Crippen molar-refractivity contribution in [2.75, 3.05) is 7.11 Å². The molecule has 0 bridgehead atoms. The molecule has 2 aromatic rings. The smallest absolute Gasteiger partial charge is 0.124 e. The van der Waals surface area contributed by atoms with Crippen LogP contribution in [-0.2, 0) is 13.2 Å². The van der Waals surface area contributed by atoms with E-state index in [2.05, 4.69) is 5.10 Å². The fourth-order valence-electron chi connectivity index (χ4n) is 1.75. The summed E-state index contributed by atoms with van der Waals surface area (Å²) in [4.78, 5) is 0. The van der Waals surface area contributed by atoms with Gasteiger partial charge in [-0.3, -0.25) is 10.1 Å². The molecule has 0 saturated heterocycles. The lowest BCUT2D eigenvalue weighted by molar-refractivity contribution is 0.303. The van der Waals surface area contributed by atoms with Gasteiger partial charge in [0.05, 0.1) is 13.3 Å². The van der Waals surface area contributed by atoms with Crippen LogP contribution in [0.2, 0.25) is 0 Å². The lowest BCUT2D eigenvalue weighted by Crippen LogP contribution is -2.11. The number of nitrogens with one attached hydrogen (secondary N) is 1. The summed E-state index contributed by atoms with van der Waals surface area (Å²) in [5.74, 6) is 1.20. The molecule has 1 aromatic carbocycles. The summed E-state index contributed by atoms with van der Waals surface area (Å²) in [5, 5.41) is 11.7. The van der Waals surface area contributed by atoms with E-state index in [0.717, 1.165) is 12.1 Å². The lowest BCUT2D eigenvalue weighted by atomic mass is 10.2. The maximum Gasteiger partial charge on any atom is 0.124 e. The van der Waals surface area contributed by atoms with Crippen molar-refractivity contribution in [3.8, 4) is 11.5 Å². The van der Waals surface area contributed by atoms with Gasteiger partial charge < -0.3 is 15.2 Å². The van der Waals surface area contributed by atoms with Gasteiger partial charge >= 0.3 is 0 Å². The number of nitrogens with two attached hydrogens (primary N) is 1. The van der Waals surface area contributed by atoms with Gasteiger partial charge in [-0.05, 0) is 19.1 Å². The molecule has 0 saturated carbocycles. The summed E-state index contributed by atoms with van der Waals surface area (Å²) in [6, 6.07) is 5.18. The summed E-state index contributed by atoms with van der Waals surface area (Å²) >= 11 is 0. The average Bonchev–Trinajstić information content (AvgIpc) is 2.92. The minimum absolute atomic E-state index is 0.0208. The van der Waals surface area contributed by atoms with Crippen LogP contribution >= 0.6 is 0 Å². The van der Waals surface area contributed by atoms with Crippen molar-refractivity contribution >= 4 is 5.84 Å². The molecule has 20 heavy (non-hydrogen) atoms. The number of aryl methyl sites for hydroxylation is 1. The normalized spacial score (nSPS) is 10.3. The van der Waals surface area contributed by atoms with Crippen LogP contribution in [0.3, 0.4) is 0 Å². The molecular formula is C14H18N4O2. The number of benzene rings is 1. The van der Waals surface area contributed by atoms with Crippen molar-refractivity contribution in [3.05, 3.63) is 41.7 Å². The third-order valence-electron chi connectivity index (χ3n) is 2.84. The third kappa shape index (κ3) is 3.28. The molecule has 0 fully saturated rings. The molecule has 0 spiro atoms. The summed E-state index contributed by atoms with van der Waals surface area (Å²) < 4.78 is 12.7. The van der Waals surface area contributed by atoms with Crippen LogP contribution < -0.4 is 15.2 Å². The van der Waals surface area contributed by atoms with Crippen LogP contribution in [-0.4, -0.2) is 22.7 Å². The van der Waals surface area contributed by atoms with Gasteiger partial charge in [-0.2, -0.15) is 5.10 Å². The van der Waals surface area contributed by atoms with E-state index in [9.17, 15) is 0 Å². The van der Waals surface area contributed by atoms with Crippen LogP contribution in [0.1, 0.15) is 18.1 Å². The second-order valence-electron chi connectivity index (χ2n) is 4.30. The topological polar surface area (TPSA) is 86.2 Å². The monoisotopic (exact) mass is 274 g/mol. The maximum absolute atomic E-state index is 7.48. The Balaban J connectivity index is 2.12. The second-order valence-corrected chi connectivity index (χ2v) is 4.30. The largest absolute Gasteiger partial charge is 0.497 e. The standard InChI is InChI=1S/C14H18N4O2/c1-3-18-8-10(7-17-18)9-20-13-5-11(14(15)16)4-12(6-13)19-2/h4-8H,3,9H2,1-2H3,(H3,15,16). The van der Waals surface area contributed by atoms with E-state index in [-0.39, 0.29) is 5.84 Å². The molecule has 1 aromatic heterocycles. The highest BCUT2D eigenvalue weighted by atomic mass is 16.5. The molecule has 6 heteroatoms. The molecule has 3 N–H and O–H groups in total. The maximum atomic E-state index is 7.48. The Kier molecular flexibility index (Phi) is 4.24. The molecule has 2 rings (SSSR count). The predicted octanol–water partition coefficient (Wildman–Crippen LogP) is 1.77. The summed E-state index contributed by atoms with van der Waals surface area (Å²) in [7, 11) is 1.56. The van der Waals surface area contributed by atoms with Gasteiger partial charge in [-0.15, -0.1) is 0 Å². The van der Waals surface area contributed by atoms with Crippen molar-refractivity contribution in [1.29, 1.82) is 5.41 Å². The van der Waals surface area contributed by atoms with E-state index >= 15 is 0 Å². The first-order chi connectivity index (χ1) is 9.62. The molecule has 0 unspecified atom stereocenters. The average molecular weight is 274 g/mol. The fourth-order valence-corrected chi connectivity index (χ4v) is 1.75. The van der Waals surface area contributed by atoms with E-state index in [0.29, 0.717) is 23.7 Å². The van der Waals surface area contributed by atoms with Crippen molar-refractivity contribution in [1.82, 2.24) is 9.78 Å². The number of hydrogen-bond acceptors (Lipinski definition) is 4. The minimum Gasteiger partial charge on any atom is -0.497 e. The van der Waals surface area contributed by atoms with Gasteiger partial charge in [0.2, 0.25) is 0 Å². The Bertz CT molecular complexity index is 607. The van der Waals surface area contributed by atoms with Gasteiger partial charge in [0.25, 0.3) is 0 Å². The van der Waals surface area contributed by atoms with Gasteiger partial charge in [0.15, 0.2) is 0 Å². The number of nitrogens with zero attached hydrogens (tertiary/aromatic N) is 2. The molecular weight excluding hydrogens is 256 g/mol. The van der Waals surface area contributed by atoms with Crippen LogP contribution in [0.4, 0.5) is 0 Å². The van der Waals surface area contributed by atoms with Crippen molar-refractivity contribution in [2.24, 2.45) is 5.73 Å². The third-order valence-corrected chi connectivity index (χ3v) is 2.84. The van der Waals surface area contributed by atoms with Gasteiger partial charge in [0, 0.05) is 29.9 Å². The highest BCUT2D eigenvalue weighted by Crippen LogP contribution is 2.23. The van der Waals surface area contributed by atoms with E-state index < -0.39 is 0 Å². The fraction of sp³-hybridized carbons (Fsp3) is 0.286. The Morgan fingerprint density at radius 3 is 2.70 bits per heavy atom. The van der Waals surface area contributed by atoms with Gasteiger partial charge in [-0.1, -0.05) is 0 Å². The van der Waals surface area contributed by atoms with E-state index in [1.807, 2.05) is 17.8 Å². The summed E-state index contributed by atoms with van der Waals surface area (Å²) in [5.41, 5.74) is 7.05. The van der Waals surface area contributed by atoms with E-state index in [1.54, 1.807) is 31.5 Å². The van der Waals surface area contributed by atoms with Crippen LogP contribution in [0.25, 0.3) is 0 Å². The Morgan fingerprint density at radius 1 is 1.35 bits per heavy atom. The first-order valence-electron chi connectivity index (χ1n) is 6.30. The lowest BCUT2D eigenvalue weighted by Gasteiger charge is -2.09. The molecule has 6 nitrogen and oxygen atoms in total. The zero-order valence-corrected chi connectivity index (χ0v) is 11.6. The molecule has 0 amide bonds.